The molecule has 0 N–H and O–H groups in total. The third kappa shape index (κ3) is 5.05. The van der Waals surface area contributed by atoms with Crippen LogP contribution in [0.3, 0.4) is 0 Å². The van der Waals surface area contributed by atoms with Crippen LogP contribution in [0.15, 0.2) is 40.8 Å². The SMILES string of the molecule is CN1C[N+](C)(C)Cc2cc(-c3nc(C=O)c(-c4ccc5c(c4)C[N+](C)(C)CN5C)o3)ccc21.[Cl-].[Cl-]. The summed E-state index contributed by atoms with van der Waals surface area (Å²) in [4.78, 5) is 21.0. The van der Waals surface area contributed by atoms with Crippen LogP contribution in [0.1, 0.15) is 21.6 Å². The van der Waals surface area contributed by atoms with Crippen LogP contribution >= 0.6 is 0 Å². The van der Waals surface area contributed by atoms with Crippen LogP contribution in [-0.2, 0) is 13.1 Å². The Morgan fingerprint density at radius 3 is 1.83 bits per heavy atom. The number of fused-ring (bicyclic) bond motifs is 2. The van der Waals surface area contributed by atoms with E-state index in [4.69, 9.17) is 4.42 Å². The second-order valence-electron chi connectivity index (χ2n) is 10.9. The van der Waals surface area contributed by atoms with Gasteiger partial charge in [0.1, 0.15) is 13.1 Å². The molecule has 0 amide bonds. The lowest BCUT2D eigenvalue weighted by atomic mass is 10.0. The maximum absolute atomic E-state index is 11.9. The van der Waals surface area contributed by atoms with Gasteiger partial charge in [-0.05, 0) is 36.4 Å². The minimum atomic E-state index is 0. The summed E-state index contributed by atoms with van der Waals surface area (Å²) in [6.07, 6.45) is 0.792. The maximum Gasteiger partial charge on any atom is 0.227 e. The van der Waals surface area contributed by atoms with E-state index in [2.05, 4.69) is 81.3 Å². The molecular formula is C26H33Cl2N5O2. The Balaban J connectivity index is 0.00000171. The molecule has 0 saturated heterocycles. The van der Waals surface area contributed by atoms with Crippen molar-refractivity contribution in [2.75, 3.05) is 65.4 Å². The molecule has 0 radical (unpaired) electrons. The number of hydrogen-bond donors (Lipinski definition) is 0. The van der Waals surface area contributed by atoms with Crippen molar-refractivity contribution in [3.8, 4) is 22.8 Å². The number of carbonyl (C=O) groups excluding carboxylic acids is 1. The normalized spacial score (nSPS) is 17.5. The molecule has 2 aromatic carbocycles. The van der Waals surface area contributed by atoms with Crippen molar-refractivity contribution >= 4 is 17.7 Å². The topological polar surface area (TPSA) is 49.6 Å². The predicted octanol–water partition coefficient (Wildman–Crippen LogP) is -2.20. The van der Waals surface area contributed by atoms with Crippen LogP contribution in [0.4, 0.5) is 11.4 Å². The number of aldehydes is 1. The van der Waals surface area contributed by atoms with Crippen molar-refractivity contribution in [1.29, 1.82) is 0 Å². The first kappa shape index (κ1) is 27.0. The fourth-order valence-corrected chi connectivity index (χ4v) is 5.51. The number of hydrogen-bond acceptors (Lipinski definition) is 5. The van der Waals surface area contributed by atoms with Gasteiger partial charge in [0.2, 0.25) is 5.89 Å². The summed E-state index contributed by atoms with van der Waals surface area (Å²) in [6.45, 7) is 3.79. The fraction of sp³-hybridized carbons (Fsp3) is 0.385. The lowest BCUT2D eigenvalue weighted by molar-refractivity contribution is -0.904. The van der Waals surface area contributed by atoms with Crippen LogP contribution in [0, 0.1) is 0 Å². The molecule has 0 atom stereocenters. The highest BCUT2D eigenvalue weighted by molar-refractivity contribution is 5.84. The minimum Gasteiger partial charge on any atom is -1.00 e. The van der Waals surface area contributed by atoms with Crippen molar-refractivity contribution < 1.29 is 43.0 Å². The van der Waals surface area contributed by atoms with E-state index in [1.807, 2.05) is 12.1 Å². The van der Waals surface area contributed by atoms with E-state index in [0.717, 1.165) is 52.8 Å². The molecular weight excluding hydrogens is 485 g/mol. The first-order chi connectivity index (χ1) is 15.5. The van der Waals surface area contributed by atoms with Gasteiger partial charge in [0, 0.05) is 47.7 Å². The molecule has 0 aliphatic carbocycles. The highest BCUT2D eigenvalue weighted by Gasteiger charge is 2.30. The van der Waals surface area contributed by atoms with E-state index < -0.39 is 0 Å². The molecule has 35 heavy (non-hydrogen) atoms. The fourth-order valence-electron chi connectivity index (χ4n) is 5.51. The average Bonchev–Trinajstić information content (AvgIpc) is 3.15. The molecule has 5 rings (SSSR count). The zero-order valence-electron chi connectivity index (χ0n) is 21.2. The van der Waals surface area contributed by atoms with Crippen LogP contribution in [0.5, 0.6) is 0 Å². The zero-order valence-corrected chi connectivity index (χ0v) is 22.7. The maximum atomic E-state index is 11.9. The van der Waals surface area contributed by atoms with Crippen LogP contribution in [0.25, 0.3) is 22.8 Å². The lowest BCUT2D eigenvalue weighted by Crippen LogP contribution is -3.00. The third-order valence-corrected chi connectivity index (χ3v) is 6.64. The summed E-state index contributed by atoms with van der Waals surface area (Å²) >= 11 is 0. The Morgan fingerprint density at radius 1 is 0.829 bits per heavy atom. The highest BCUT2D eigenvalue weighted by Crippen LogP contribution is 2.37. The Kier molecular flexibility index (Phi) is 7.31. The van der Waals surface area contributed by atoms with Gasteiger partial charge < -0.3 is 48.0 Å². The molecule has 0 fully saturated rings. The van der Waals surface area contributed by atoms with Crippen molar-refractivity contribution in [3.63, 3.8) is 0 Å². The molecule has 7 nitrogen and oxygen atoms in total. The molecule has 0 bridgehead atoms. The molecule has 188 valence electrons. The Labute approximate surface area is 219 Å². The number of quaternary nitrogens is 2. The van der Waals surface area contributed by atoms with Crippen molar-refractivity contribution in [2.24, 2.45) is 0 Å². The summed E-state index contributed by atoms with van der Waals surface area (Å²) in [6, 6.07) is 12.6. The summed E-state index contributed by atoms with van der Waals surface area (Å²) in [7, 11) is 13.2. The zero-order chi connectivity index (χ0) is 23.5. The van der Waals surface area contributed by atoms with Gasteiger partial charge in [-0.3, -0.25) is 4.79 Å². The van der Waals surface area contributed by atoms with E-state index in [9.17, 15) is 4.79 Å². The number of anilines is 2. The number of carbonyl (C=O) groups is 1. The second-order valence-corrected chi connectivity index (χ2v) is 10.9. The summed E-state index contributed by atoms with van der Waals surface area (Å²) < 4.78 is 8.01. The molecule has 1 aromatic heterocycles. The third-order valence-electron chi connectivity index (χ3n) is 6.64. The molecule has 3 heterocycles. The molecule has 0 unspecified atom stereocenters. The standard InChI is InChI=1S/C26H33N5O2.2ClH/c1-28-16-30(3,4)13-20-11-18(7-9-23(20)28)25-22(15-32)27-26(33-25)19-8-10-24-21(12-19)14-31(5,6)17-29(24)2;;/h7-12,15H,13-14,16-17H2,1-6H3;2*1H/q+2;;/p-2. The number of benzene rings is 2. The van der Waals surface area contributed by atoms with Gasteiger partial charge in [0.25, 0.3) is 0 Å². The van der Waals surface area contributed by atoms with E-state index in [1.165, 1.54) is 22.5 Å². The van der Waals surface area contributed by atoms with Gasteiger partial charge in [-0.25, -0.2) is 4.98 Å². The largest absolute Gasteiger partial charge is 1.00 e. The summed E-state index contributed by atoms with van der Waals surface area (Å²) in [5.41, 5.74) is 7.10. The quantitative estimate of drug-likeness (QED) is 0.291. The van der Waals surface area contributed by atoms with Crippen LogP contribution in [-0.4, -0.2) is 75.9 Å². The number of nitrogens with zero attached hydrogens (tertiary/aromatic N) is 5. The second kappa shape index (κ2) is 9.47. The number of rotatable bonds is 3. The van der Waals surface area contributed by atoms with Crippen molar-refractivity contribution in [3.05, 3.63) is 53.2 Å². The number of aromatic nitrogens is 1. The average molecular weight is 518 g/mol. The number of oxazole rings is 1. The van der Waals surface area contributed by atoms with E-state index in [-0.39, 0.29) is 24.8 Å². The van der Waals surface area contributed by atoms with Gasteiger partial charge in [0.05, 0.1) is 28.2 Å². The summed E-state index contributed by atoms with van der Waals surface area (Å²) in [5, 5.41) is 0. The monoisotopic (exact) mass is 517 g/mol. The first-order valence-corrected chi connectivity index (χ1v) is 11.3. The molecule has 0 saturated carbocycles. The number of halogens is 2. The van der Waals surface area contributed by atoms with Crippen LogP contribution < -0.4 is 34.6 Å². The predicted molar refractivity (Wildman–Crippen MR) is 131 cm³/mol. The Morgan fingerprint density at radius 2 is 1.31 bits per heavy atom. The molecule has 2 aliphatic rings. The Bertz CT molecular complexity index is 1250. The van der Waals surface area contributed by atoms with Gasteiger partial charge in [-0.15, -0.1) is 0 Å². The molecule has 9 heteroatoms. The van der Waals surface area contributed by atoms with Gasteiger partial charge in [-0.2, -0.15) is 0 Å². The smallest absolute Gasteiger partial charge is 0.227 e. The molecule has 0 spiro atoms. The van der Waals surface area contributed by atoms with E-state index in [1.54, 1.807) is 0 Å². The Hall–Kier alpha value is -2.58. The minimum absolute atomic E-state index is 0. The van der Waals surface area contributed by atoms with Gasteiger partial charge >= 0.3 is 0 Å². The van der Waals surface area contributed by atoms with Crippen molar-refractivity contribution in [2.45, 2.75) is 13.1 Å². The molecule has 3 aromatic rings. The molecule has 2 aliphatic heterocycles. The van der Waals surface area contributed by atoms with Crippen molar-refractivity contribution in [1.82, 2.24) is 4.98 Å². The van der Waals surface area contributed by atoms with E-state index >= 15 is 0 Å². The lowest BCUT2D eigenvalue weighted by Gasteiger charge is -2.40. The summed E-state index contributed by atoms with van der Waals surface area (Å²) in [5.74, 6) is 1.02. The van der Waals surface area contributed by atoms with Crippen LogP contribution in [0.2, 0.25) is 0 Å². The first-order valence-electron chi connectivity index (χ1n) is 11.3. The van der Waals surface area contributed by atoms with E-state index in [0.29, 0.717) is 17.3 Å². The van der Waals surface area contributed by atoms with Gasteiger partial charge in [0.15, 0.2) is 31.1 Å². The highest BCUT2D eigenvalue weighted by atomic mass is 35.5. The van der Waals surface area contributed by atoms with Gasteiger partial charge in [-0.1, -0.05) is 0 Å².